The van der Waals surface area contributed by atoms with Gasteiger partial charge in [-0.15, -0.1) is 0 Å². The molecule has 0 spiro atoms. The molecule has 5 N–H and O–H groups in total. The highest BCUT2D eigenvalue weighted by Crippen LogP contribution is 2.31. The summed E-state index contributed by atoms with van der Waals surface area (Å²) in [6.45, 7) is 11.8. The highest BCUT2D eigenvalue weighted by molar-refractivity contribution is 7.86. The molecule has 2 aliphatic heterocycles. The number of hydrogen-bond donors (Lipinski definition) is 5. The van der Waals surface area contributed by atoms with Crippen LogP contribution in [0, 0.1) is 11.8 Å². The van der Waals surface area contributed by atoms with Crippen molar-refractivity contribution in [3.05, 3.63) is 0 Å². The van der Waals surface area contributed by atoms with Crippen LogP contribution in [0.25, 0.3) is 0 Å². The van der Waals surface area contributed by atoms with Crippen molar-refractivity contribution in [1.82, 2.24) is 20.9 Å². The molecular formula is C26H46N4O10S. The maximum absolute atomic E-state index is 13.3. The quantitative estimate of drug-likeness (QED) is 0.215. The van der Waals surface area contributed by atoms with Gasteiger partial charge in [-0.3, -0.25) is 14.1 Å². The molecule has 0 aromatic heterocycles. The molecule has 0 aromatic carbocycles. The van der Waals surface area contributed by atoms with E-state index in [2.05, 4.69) is 16.0 Å². The molecule has 2 heterocycles. The number of hydrogen-bond acceptors (Lipinski definition) is 9. The van der Waals surface area contributed by atoms with Crippen molar-refractivity contribution in [3.8, 4) is 0 Å². The van der Waals surface area contributed by atoms with Crippen molar-refractivity contribution in [2.45, 2.75) is 109 Å². The average Bonchev–Trinajstić information content (AvgIpc) is 3.25. The van der Waals surface area contributed by atoms with Gasteiger partial charge < -0.3 is 35.4 Å². The molecule has 0 aromatic rings. The fraction of sp³-hybridized carbons (Fsp3) is 0.846. The molecule has 0 radical (unpaired) electrons. The maximum atomic E-state index is 13.3. The Kier molecular flexibility index (Phi) is 11.8. The average molecular weight is 607 g/mol. The van der Waals surface area contributed by atoms with E-state index in [1.165, 1.54) is 0 Å². The Morgan fingerprint density at radius 3 is 2.24 bits per heavy atom. The van der Waals surface area contributed by atoms with E-state index in [0.717, 1.165) is 0 Å². The van der Waals surface area contributed by atoms with Gasteiger partial charge in [0.25, 0.3) is 10.1 Å². The van der Waals surface area contributed by atoms with Crippen LogP contribution in [0.5, 0.6) is 0 Å². The molecule has 15 heteroatoms. The van der Waals surface area contributed by atoms with Crippen LogP contribution in [0.3, 0.4) is 0 Å². The van der Waals surface area contributed by atoms with E-state index in [4.69, 9.17) is 9.47 Å². The molecule has 2 aliphatic rings. The second-order valence-electron chi connectivity index (χ2n) is 12.3. The van der Waals surface area contributed by atoms with Gasteiger partial charge in [0.1, 0.15) is 17.2 Å². The number of piperidine rings is 1. The predicted octanol–water partition coefficient (Wildman–Crippen LogP) is 1.52. The monoisotopic (exact) mass is 606 g/mol. The second kappa shape index (κ2) is 14.0. The summed E-state index contributed by atoms with van der Waals surface area (Å²) >= 11 is 0. The minimum atomic E-state index is -4.97. The molecule has 2 saturated heterocycles. The summed E-state index contributed by atoms with van der Waals surface area (Å²) in [5.41, 5.74) is -3.88. The van der Waals surface area contributed by atoms with Crippen molar-refractivity contribution in [2.24, 2.45) is 11.8 Å². The number of aliphatic hydroxyl groups is 1. The number of carbonyl (C=O) groups is 4. The topological polar surface area (TPSA) is 201 Å². The molecule has 0 aliphatic carbocycles. The van der Waals surface area contributed by atoms with Crippen molar-refractivity contribution < 1.29 is 46.7 Å². The van der Waals surface area contributed by atoms with E-state index >= 15 is 0 Å². The van der Waals surface area contributed by atoms with Gasteiger partial charge in [0.2, 0.25) is 17.3 Å². The molecule has 41 heavy (non-hydrogen) atoms. The Balaban J connectivity index is 2.10. The number of likely N-dealkylation sites (tertiary alicyclic amines) is 1. The number of rotatable bonds is 11. The lowest BCUT2D eigenvalue weighted by atomic mass is 9.89. The zero-order valence-electron chi connectivity index (χ0n) is 24.8. The van der Waals surface area contributed by atoms with Crippen LogP contribution in [-0.2, 0) is 29.2 Å². The van der Waals surface area contributed by atoms with Crippen molar-refractivity contribution in [3.63, 3.8) is 0 Å². The largest absolute Gasteiger partial charge is 0.444 e. The molecule has 4 unspecified atom stereocenters. The normalized spacial score (nSPS) is 21.4. The van der Waals surface area contributed by atoms with Gasteiger partial charge in [-0.05, 0) is 52.4 Å². The van der Waals surface area contributed by atoms with Gasteiger partial charge in [0, 0.05) is 38.4 Å². The van der Waals surface area contributed by atoms with Gasteiger partial charge in [-0.1, -0.05) is 20.8 Å². The van der Waals surface area contributed by atoms with Crippen molar-refractivity contribution in [2.75, 3.05) is 19.6 Å². The van der Waals surface area contributed by atoms with Crippen LogP contribution in [0.15, 0.2) is 0 Å². The Bertz CT molecular complexity index is 1050. The third-order valence-corrected chi connectivity index (χ3v) is 8.21. The van der Waals surface area contributed by atoms with Crippen molar-refractivity contribution in [1.29, 1.82) is 0 Å². The fourth-order valence-corrected chi connectivity index (χ4v) is 5.53. The summed E-state index contributed by atoms with van der Waals surface area (Å²) in [5.74, 6) is -1.90. The zero-order chi connectivity index (χ0) is 31.2. The Hall–Kier alpha value is -2.65. The van der Waals surface area contributed by atoms with E-state index in [-0.39, 0.29) is 24.7 Å². The van der Waals surface area contributed by atoms with Gasteiger partial charge >= 0.3 is 12.2 Å². The zero-order valence-corrected chi connectivity index (χ0v) is 25.6. The third kappa shape index (κ3) is 10.6. The number of carbonyl (C=O) groups excluding carboxylic acids is 4. The van der Waals surface area contributed by atoms with Gasteiger partial charge in [0.05, 0.1) is 6.04 Å². The number of nitrogens with one attached hydrogen (secondary N) is 3. The van der Waals surface area contributed by atoms with Gasteiger partial charge in [-0.2, -0.15) is 8.42 Å². The summed E-state index contributed by atoms with van der Waals surface area (Å²) in [4.78, 5) is 52.3. The van der Waals surface area contributed by atoms with E-state index < -0.39 is 62.9 Å². The van der Waals surface area contributed by atoms with E-state index in [1.54, 1.807) is 25.7 Å². The standard InChI is InChI=1S/C26H46N4O10S/c1-7-26(9-12-30(13-10-26)24(35)40-25(4,5)6)39-23(34)29-18(14-16(2)3)21(32)28-19(22(33)41(36,37)38)15-17-8-11-27-20(17)31/h16-19,22,33H,7-15H2,1-6H3,(H,27,31)(H,28,32)(H,29,34)(H,36,37,38). The van der Waals surface area contributed by atoms with Gasteiger partial charge in [0.15, 0.2) is 0 Å². The Morgan fingerprint density at radius 1 is 1.17 bits per heavy atom. The SMILES string of the molecule is CCC1(OC(=O)NC(CC(C)C)C(=O)NC(CC2CCNC2=O)C(O)S(=O)(=O)O)CCN(C(=O)OC(C)(C)C)CC1. The molecule has 236 valence electrons. The van der Waals surface area contributed by atoms with Crippen LogP contribution in [0.4, 0.5) is 9.59 Å². The summed E-state index contributed by atoms with van der Waals surface area (Å²) in [6, 6.07) is -2.66. The van der Waals surface area contributed by atoms with Crippen LogP contribution < -0.4 is 16.0 Å². The number of alkyl carbamates (subject to hydrolysis) is 1. The number of aliphatic hydroxyl groups excluding tert-OH is 1. The number of ether oxygens (including phenoxy) is 2. The van der Waals surface area contributed by atoms with Crippen LogP contribution in [0.1, 0.15) is 80.1 Å². The van der Waals surface area contributed by atoms with Gasteiger partial charge in [-0.25, -0.2) is 9.59 Å². The van der Waals surface area contributed by atoms with Crippen LogP contribution in [0.2, 0.25) is 0 Å². The first-order chi connectivity index (χ1) is 18.9. The highest BCUT2D eigenvalue weighted by Gasteiger charge is 2.41. The molecule has 4 atom stereocenters. The number of nitrogens with zero attached hydrogens (tertiary/aromatic N) is 1. The van der Waals surface area contributed by atoms with Crippen LogP contribution in [-0.4, -0.2) is 95.3 Å². The first-order valence-electron chi connectivity index (χ1n) is 14.1. The molecule has 0 bridgehead atoms. The van der Waals surface area contributed by atoms with E-state index in [0.29, 0.717) is 45.3 Å². The lowest BCUT2D eigenvalue weighted by Gasteiger charge is -2.41. The second-order valence-corrected chi connectivity index (χ2v) is 13.8. The molecular weight excluding hydrogens is 560 g/mol. The number of amides is 4. The Labute approximate surface area is 242 Å². The summed E-state index contributed by atoms with van der Waals surface area (Å²) in [7, 11) is -4.97. The first-order valence-corrected chi connectivity index (χ1v) is 15.6. The summed E-state index contributed by atoms with van der Waals surface area (Å²) in [6.07, 6.45) is 0.184. The lowest BCUT2D eigenvalue weighted by molar-refractivity contribution is -0.126. The van der Waals surface area contributed by atoms with E-state index in [1.807, 2.05) is 20.8 Å². The van der Waals surface area contributed by atoms with Crippen LogP contribution >= 0.6 is 0 Å². The first kappa shape index (κ1) is 34.6. The minimum Gasteiger partial charge on any atom is -0.444 e. The highest BCUT2D eigenvalue weighted by atomic mass is 32.2. The molecule has 14 nitrogen and oxygen atoms in total. The summed E-state index contributed by atoms with van der Waals surface area (Å²) in [5, 5.41) is 17.8. The smallest absolute Gasteiger partial charge is 0.410 e. The molecule has 2 rings (SSSR count). The predicted molar refractivity (Wildman–Crippen MR) is 148 cm³/mol. The maximum Gasteiger partial charge on any atom is 0.410 e. The fourth-order valence-electron chi connectivity index (χ4n) is 4.94. The molecule has 0 saturated carbocycles. The van der Waals surface area contributed by atoms with Crippen molar-refractivity contribution >= 4 is 34.1 Å². The summed E-state index contributed by atoms with van der Waals surface area (Å²) < 4.78 is 44.0. The molecule has 2 fully saturated rings. The molecule has 4 amide bonds. The van der Waals surface area contributed by atoms with E-state index in [9.17, 15) is 37.3 Å². The Morgan fingerprint density at radius 2 is 1.78 bits per heavy atom. The third-order valence-electron chi connectivity index (χ3n) is 7.27. The minimum absolute atomic E-state index is 0.0752. The lowest BCUT2D eigenvalue weighted by Crippen LogP contribution is -2.56.